The summed E-state index contributed by atoms with van der Waals surface area (Å²) < 4.78 is 4.70. The normalized spacial score (nSPS) is 12.9. The van der Waals surface area contributed by atoms with Crippen molar-refractivity contribution in [2.24, 2.45) is 0 Å². The number of rotatable bonds is 3. The Morgan fingerprint density at radius 1 is 0.941 bits per heavy atom. The molecule has 2 aromatic carbocycles. The lowest BCUT2D eigenvalue weighted by molar-refractivity contribution is 0.335. The summed E-state index contributed by atoms with van der Waals surface area (Å²) in [6.45, 7) is 2.99. The summed E-state index contributed by atoms with van der Waals surface area (Å²) >= 11 is 0. The second-order valence-corrected chi connectivity index (χ2v) is 3.99. The van der Waals surface area contributed by atoms with E-state index in [0.29, 0.717) is 0 Å². The highest BCUT2D eigenvalue weighted by molar-refractivity contribution is 5.79. The summed E-state index contributed by atoms with van der Waals surface area (Å²) in [6.07, 6.45) is 0. The summed E-state index contributed by atoms with van der Waals surface area (Å²) in [5.74, 6) is 0.0175. The molecule has 0 amide bonds. The quantitative estimate of drug-likeness (QED) is 0.797. The molecule has 0 heterocycles. The van der Waals surface area contributed by atoms with E-state index in [1.165, 1.54) is 35.3 Å². The van der Waals surface area contributed by atoms with Crippen LogP contribution in [0.15, 0.2) is 48.5 Å². The Morgan fingerprint density at radius 2 is 1.47 bits per heavy atom. The zero-order valence-electron chi connectivity index (χ0n) is 9.09. The molecule has 0 unspecified atom stereocenters. The molecule has 0 spiro atoms. The smallest absolute Gasteiger partial charge is 0.417 e. The third-order valence-corrected chi connectivity index (χ3v) is 3.13. The predicted molar refractivity (Wildman–Crippen MR) is 64.8 cm³/mol. The molecule has 0 fully saturated rings. The average molecular weight is 222 g/mol. The zero-order valence-corrected chi connectivity index (χ0v) is 9.09. The van der Waals surface area contributed by atoms with Crippen LogP contribution in [0.4, 0.5) is 0 Å². The Hall–Kier alpha value is -2.09. The number of hydrogen-bond acceptors (Lipinski definition) is 2. The highest BCUT2D eigenvalue weighted by Gasteiger charge is 2.28. The van der Waals surface area contributed by atoms with Gasteiger partial charge < -0.3 is 4.74 Å². The second-order valence-electron chi connectivity index (χ2n) is 3.99. The molecular formula is C15H10O2. The molecule has 2 radical (unpaired) electrons. The van der Waals surface area contributed by atoms with E-state index in [-0.39, 0.29) is 5.92 Å². The van der Waals surface area contributed by atoms with Crippen LogP contribution in [0.3, 0.4) is 0 Å². The summed E-state index contributed by atoms with van der Waals surface area (Å²) in [5.41, 5.74) is 4.76. The van der Waals surface area contributed by atoms with Gasteiger partial charge in [-0.1, -0.05) is 48.5 Å². The average Bonchev–Trinajstić information content (AvgIpc) is 2.71. The number of benzene rings is 2. The van der Waals surface area contributed by atoms with E-state index in [1.54, 1.807) is 0 Å². The largest absolute Gasteiger partial charge is 0.449 e. The van der Waals surface area contributed by atoms with E-state index in [9.17, 15) is 4.79 Å². The van der Waals surface area contributed by atoms with Crippen molar-refractivity contribution >= 4 is 6.47 Å². The fourth-order valence-corrected chi connectivity index (χ4v) is 2.44. The molecule has 17 heavy (non-hydrogen) atoms. The number of ether oxygens (including phenoxy) is 1. The summed E-state index contributed by atoms with van der Waals surface area (Å²) in [4.78, 5) is 10.2. The van der Waals surface area contributed by atoms with Crippen molar-refractivity contribution in [2.75, 3.05) is 0 Å². The highest BCUT2D eigenvalue weighted by Crippen LogP contribution is 2.45. The van der Waals surface area contributed by atoms with Gasteiger partial charge in [0.05, 0.1) is 5.92 Å². The van der Waals surface area contributed by atoms with Crippen molar-refractivity contribution in [3.8, 4) is 11.1 Å². The Kier molecular flexibility index (Phi) is 2.41. The fourth-order valence-electron chi connectivity index (χ4n) is 2.44. The summed E-state index contributed by atoms with van der Waals surface area (Å²) in [7, 11) is 0. The number of fused-ring (bicyclic) bond motifs is 3. The van der Waals surface area contributed by atoms with Crippen molar-refractivity contribution in [3.05, 3.63) is 66.3 Å². The maximum absolute atomic E-state index is 10.2. The fraction of sp³-hybridized carbons (Fsp3) is 0.0667. The van der Waals surface area contributed by atoms with Crippen molar-refractivity contribution < 1.29 is 9.53 Å². The van der Waals surface area contributed by atoms with Gasteiger partial charge in [0.2, 0.25) is 0 Å². The van der Waals surface area contributed by atoms with E-state index in [2.05, 4.69) is 24.3 Å². The zero-order chi connectivity index (χ0) is 11.7. The topological polar surface area (TPSA) is 26.3 Å². The Bertz CT molecular complexity index is 515. The molecule has 0 saturated carbocycles. The molecular weight excluding hydrogens is 212 g/mol. The van der Waals surface area contributed by atoms with Gasteiger partial charge in [-0.3, -0.25) is 0 Å². The lowest BCUT2D eigenvalue weighted by Gasteiger charge is -2.10. The first-order chi connectivity index (χ1) is 8.42. The van der Waals surface area contributed by atoms with Crippen molar-refractivity contribution in [3.63, 3.8) is 0 Å². The Balaban J connectivity index is 2.13. The van der Waals surface area contributed by atoms with Crippen LogP contribution in [-0.4, -0.2) is 6.47 Å². The van der Waals surface area contributed by atoms with Crippen molar-refractivity contribution in [2.45, 2.75) is 5.92 Å². The van der Waals surface area contributed by atoms with Crippen LogP contribution in [0.5, 0.6) is 0 Å². The van der Waals surface area contributed by atoms with Gasteiger partial charge in [0.15, 0.2) is 6.61 Å². The van der Waals surface area contributed by atoms with Gasteiger partial charge in [0.25, 0.3) is 0 Å². The van der Waals surface area contributed by atoms with Gasteiger partial charge >= 0.3 is 6.47 Å². The Morgan fingerprint density at radius 3 is 2.00 bits per heavy atom. The van der Waals surface area contributed by atoms with E-state index in [1.807, 2.05) is 24.3 Å². The van der Waals surface area contributed by atoms with Crippen LogP contribution in [0.1, 0.15) is 17.0 Å². The molecule has 0 aliphatic heterocycles. The van der Waals surface area contributed by atoms with Crippen LogP contribution >= 0.6 is 0 Å². The van der Waals surface area contributed by atoms with Gasteiger partial charge in [-0.05, 0) is 22.3 Å². The van der Waals surface area contributed by atoms with Gasteiger partial charge in [0, 0.05) is 0 Å². The minimum Gasteiger partial charge on any atom is -0.449 e. The molecule has 2 nitrogen and oxygen atoms in total. The van der Waals surface area contributed by atoms with Gasteiger partial charge in [0.1, 0.15) is 0 Å². The van der Waals surface area contributed by atoms with Crippen molar-refractivity contribution in [1.29, 1.82) is 0 Å². The molecule has 0 aromatic heterocycles. The highest BCUT2D eigenvalue weighted by atomic mass is 16.5. The minimum absolute atomic E-state index is 0.0175. The van der Waals surface area contributed by atoms with Gasteiger partial charge in [-0.15, -0.1) is 0 Å². The molecule has 0 N–H and O–H groups in total. The molecule has 2 heteroatoms. The van der Waals surface area contributed by atoms with Crippen LogP contribution < -0.4 is 0 Å². The maximum atomic E-state index is 10.2. The third-order valence-electron chi connectivity index (χ3n) is 3.13. The van der Waals surface area contributed by atoms with E-state index < -0.39 is 0 Å². The van der Waals surface area contributed by atoms with E-state index >= 15 is 0 Å². The lowest BCUT2D eigenvalue weighted by Crippen LogP contribution is -1.99. The first-order valence-corrected chi connectivity index (χ1v) is 5.46. The van der Waals surface area contributed by atoms with E-state index in [4.69, 9.17) is 4.74 Å². The molecule has 0 saturated heterocycles. The van der Waals surface area contributed by atoms with Crippen LogP contribution in [-0.2, 0) is 9.53 Å². The molecule has 1 aliphatic carbocycles. The summed E-state index contributed by atoms with van der Waals surface area (Å²) in [5, 5.41) is 0. The molecule has 2 aromatic rings. The maximum Gasteiger partial charge on any atom is 0.417 e. The number of carbonyl (C=O) groups excluding carboxylic acids is 1. The first-order valence-electron chi connectivity index (χ1n) is 5.46. The molecule has 82 valence electrons. The molecule has 1 aliphatic rings. The molecule has 0 atom stereocenters. The minimum atomic E-state index is 0.0175. The SMILES string of the molecule is O=[C]O[CH]C1c2ccccc2-c2ccccc21. The molecule has 3 rings (SSSR count). The van der Waals surface area contributed by atoms with Crippen LogP contribution in [0, 0.1) is 6.61 Å². The van der Waals surface area contributed by atoms with Crippen LogP contribution in [0.25, 0.3) is 11.1 Å². The standard InChI is InChI=1S/C15H10O2/c16-10-17-9-15-13-7-3-1-5-11(13)12-6-2-4-8-14(12)15/h1-9,15H. The first kappa shape index (κ1) is 10.1. The third kappa shape index (κ3) is 1.53. The van der Waals surface area contributed by atoms with Crippen LogP contribution in [0.2, 0.25) is 0 Å². The van der Waals surface area contributed by atoms with Gasteiger partial charge in [-0.25, -0.2) is 4.79 Å². The second kappa shape index (κ2) is 4.06. The summed E-state index contributed by atoms with van der Waals surface area (Å²) in [6, 6.07) is 16.3. The van der Waals surface area contributed by atoms with E-state index in [0.717, 1.165) is 0 Å². The molecule has 0 bridgehead atoms. The predicted octanol–water partition coefficient (Wildman–Crippen LogP) is 3.04. The lowest BCUT2D eigenvalue weighted by atomic mass is 9.98. The Labute approximate surface area is 99.9 Å². The van der Waals surface area contributed by atoms with Gasteiger partial charge in [-0.2, -0.15) is 0 Å². The van der Waals surface area contributed by atoms with Crippen molar-refractivity contribution in [1.82, 2.24) is 0 Å². The monoisotopic (exact) mass is 222 g/mol. The number of hydrogen-bond donors (Lipinski definition) is 0.